The number of ether oxygens (including phenoxy) is 3. The molecule has 108 valence electrons. The van der Waals surface area contributed by atoms with Gasteiger partial charge in [-0.1, -0.05) is 0 Å². The average molecular weight is 285 g/mol. The zero-order valence-corrected chi connectivity index (χ0v) is 11.7. The molecule has 0 bridgehead atoms. The van der Waals surface area contributed by atoms with Crippen molar-refractivity contribution >= 4 is 24.7 Å². The second kappa shape index (κ2) is 12.3. The fourth-order valence-electron chi connectivity index (χ4n) is 0.867. The Balaban J connectivity index is 0. The summed E-state index contributed by atoms with van der Waals surface area (Å²) in [5.74, 6) is 0. The van der Waals surface area contributed by atoms with Crippen molar-refractivity contribution < 1.29 is 23.8 Å². The van der Waals surface area contributed by atoms with Crippen LogP contribution in [0.4, 0.5) is 9.59 Å². The summed E-state index contributed by atoms with van der Waals surface area (Å²) in [5.41, 5.74) is 0. The first-order valence-electron chi connectivity index (χ1n) is 5.43. The van der Waals surface area contributed by atoms with Gasteiger partial charge in [0.1, 0.15) is 13.2 Å². The predicted octanol–water partition coefficient (Wildman–Crippen LogP) is 0.869. The molecule has 1 N–H and O–H groups in total. The van der Waals surface area contributed by atoms with Gasteiger partial charge in [0, 0.05) is 13.6 Å². The first-order valence-corrected chi connectivity index (χ1v) is 5.43. The topological polar surface area (TPSA) is 77.1 Å². The molecule has 8 heteroatoms. The summed E-state index contributed by atoms with van der Waals surface area (Å²) < 4.78 is 14.2. The molecule has 0 aromatic heterocycles. The van der Waals surface area contributed by atoms with Gasteiger partial charge in [-0.25, -0.2) is 9.59 Å². The number of hydrogen-bond acceptors (Lipinski definition) is 6. The molecule has 0 aromatic carbocycles. The van der Waals surface area contributed by atoms with Gasteiger partial charge in [-0.15, -0.1) is 12.4 Å². The van der Waals surface area contributed by atoms with Gasteiger partial charge >= 0.3 is 12.2 Å². The maximum Gasteiger partial charge on any atom is 0.508 e. The van der Waals surface area contributed by atoms with Crippen molar-refractivity contribution in [1.29, 1.82) is 0 Å². The average Bonchev–Trinajstić information content (AvgIpc) is 2.29. The van der Waals surface area contributed by atoms with E-state index in [1.807, 2.05) is 0 Å². The Kier molecular flexibility index (Phi) is 13.0. The monoisotopic (exact) mass is 284 g/mol. The summed E-state index contributed by atoms with van der Waals surface area (Å²) in [6.45, 7) is 3.19. The molecule has 18 heavy (non-hydrogen) atoms. The van der Waals surface area contributed by atoms with Crippen molar-refractivity contribution in [3.63, 3.8) is 0 Å². The van der Waals surface area contributed by atoms with Gasteiger partial charge in [0.25, 0.3) is 0 Å². The zero-order chi connectivity index (χ0) is 13.1. The van der Waals surface area contributed by atoms with Crippen LogP contribution in [0.25, 0.3) is 0 Å². The van der Waals surface area contributed by atoms with E-state index in [1.165, 1.54) is 4.90 Å². The molecule has 0 unspecified atom stereocenters. The summed E-state index contributed by atoms with van der Waals surface area (Å²) in [5, 5.41) is 2.85. The van der Waals surface area contributed by atoms with Gasteiger partial charge < -0.3 is 24.4 Å². The molecular weight excluding hydrogens is 264 g/mol. The summed E-state index contributed by atoms with van der Waals surface area (Å²) >= 11 is 0. The van der Waals surface area contributed by atoms with E-state index in [0.717, 1.165) is 0 Å². The number of likely N-dealkylation sites (N-methyl/N-ethyl adjacent to an activating group) is 2. The second-order valence-electron chi connectivity index (χ2n) is 3.17. The standard InChI is InChI=1S/C10H20N2O5.ClH/c1-4-15-10(14)17-8-6-12(3)9(13)16-7-5-11-2;/h11H,4-8H2,1-3H3;1H. The van der Waals surface area contributed by atoms with Crippen LogP contribution in [0.1, 0.15) is 6.92 Å². The largest absolute Gasteiger partial charge is 0.508 e. The minimum atomic E-state index is -0.732. The van der Waals surface area contributed by atoms with E-state index in [0.29, 0.717) is 13.2 Å². The Morgan fingerprint density at radius 1 is 1.17 bits per heavy atom. The van der Waals surface area contributed by atoms with Crippen LogP contribution in [0.15, 0.2) is 0 Å². The van der Waals surface area contributed by atoms with Crippen LogP contribution < -0.4 is 5.32 Å². The highest BCUT2D eigenvalue weighted by atomic mass is 35.5. The van der Waals surface area contributed by atoms with Crippen molar-refractivity contribution in [2.45, 2.75) is 6.92 Å². The first kappa shape index (κ1) is 19.1. The molecule has 0 atom stereocenters. The minimum absolute atomic E-state index is 0. The lowest BCUT2D eigenvalue weighted by Crippen LogP contribution is -2.32. The number of rotatable bonds is 7. The van der Waals surface area contributed by atoms with Crippen LogP contribution in [0.2, 0.25) is 0 Å². The van der Waals surface area contributed by atoms with Crippen molar-refractivity contribution in [3.8, 4) is 0 Å². The quantitative estimate of drug-likeness (QED) is 0.552. The van der Waals surface area contributed by atoms with Crippen molar-refractivity contribution in [1.82, 2.24) is 10.2 Å². The van der Waals surface area contributed by atoms with Crippen LogP contribution in [0.3, 0.4) is 0 Å². The van der Waals surface area contributed by atoms with E-state index >= 15 is 0 Å². The van der Waals surface area contributed by atoms with Gasteiger partial charge in [0.05, 0.1) is 13.2 Å². The number of nitrogens with one attached hydrogen (secondary N) is 1. The van der Waals surface area contributed by atoms with Gasteiger partial charge in [-0.3, -0.25) is 0 Å². The molecular formula is C10H21ClN2O5. The van der Waals surface area contributed by atoms with Gasteiger partial charge in [-0.05, 0) is 14.0 Å². The predicted molar refractivity (Wildman–Crippen MR) is 68.1 cm³/mol. The van der Waals surface area contributed by atoms with E-state index in [4.69, 9.17) is 9.47 Å². The Morgan fingerprint density at radius 2 is 1.83 bits per heavy atom. The molecule has 0 spiro atoms. The summed E-state index contributed by atoms with van der Waals surface area (Å²) in [7, 11) is 3.33. The second-order valence-corrected chi connectivity index (χ2v) is 3.17. The van der Waals surface area contributed by atoms with Gasteiger partial charge in [0.15, 0.2) is 0 Å². The van der Waals surface area contributed by atoms with Crippen LogP contribution >= 0.6 is 12.4 Å². The molecule has 0 aliphatic heterocycles. The molecule has 7 nitrogen and oxygen atoms in total. The molecule has 0 heterocycles. The Bertz CT molecular complexity index is 240. The number of hydrogen-bond donors (Lipinski definition) is 1. The van der Waals surface area contributed by atoms with Crippen molar-refractivity contribution in [2.75, 3.05) is 47.0 Å². The van der Waals surface area contributed by atoms with E-state index in [9.17, 15) is 9.59 Å². The molecule has 0 saturated heterocycles. The van der Waals surface area contributed by atoms with Crippen LogP contribution in [-0.4, -0.2) is 64.2 Å². The lowest BCUT2D eigenvalue weighted by atomic mass is 10.6. The number of nitrogens with zero attached hydrogens (tertiary/aromatic N) is 1. The highest BCUT2D eigenvalue weighted by Gasteiger charge is 2.10. The van der Waals surface area contributed by atoms with Gasteiger partial charge in [-0.2, -0.15) is 0 Å². The third-order valence-electron chi connectivity index (χ3n) is 1.80. The molecule has 0 rings (SSSR count). The number of halogens is 1. The summed E-state index contributed by atoms with van der Waals surface area (Å²) in [4.78, 5) is 23.5. The summed E-state index contributed by atoms with van der Waals surface area (Å²) in [6.07, 6.45) is -1.18. The summed E-state index contributed by atoms with van der Waals surface area (Å²) in [6, 6.07) is 0. The Hall–Kier alpha value is -1.21. The highest BCUT2D eigenvalue weighted by Crippen LogP contribution is 1.91. The maximum absolute atomic E-state index is 11.3. The van der Waals surface area contributed by atoms with Gasteiger partial charge in [0.2, 0.25) is 0 Å². The van der Waals surface area contributed by atoms with E-state index in [1.54, 1.807) is 21.0 Å². The van der Waals surface area contributed by atoms with E-state index in [-0.39, 0.29) is 32.2 Å². The molecule has 0 aliphatic carbocycles. The fourth-order valence-corrected chi connectivity index (χ4v) is 0.867. The van der Waals surface area contributed by atoms with Crippen molar-refractivity contribution in [3.05, 3.63) is 0 Å². The minimum Gasteiger partial charge on any atom is -0.448 e. The Morgan fingerprint density at radius 3 is 2.39 bits per heavy atom. The maximum atomic E-state index is 11.3. The van der Waals surface area contributed by atoms with Crippen LogP contribution in [0, 0.1) is 0 Å². The third-order valence-corrected chi connectivity index (χ3v) is 1.80. The normalized spacial score (nSPS) is 9.06. The zero-order valence-electron chi connectivity index (χ0n) is 10.9. The third kappa shape index (κ3) is 9.98. The molecule has 0 fully saturated rings. The number of carbonyl (C=O) groups excluding carboxylic acids is 2. The highest BCUT2D eigenvalue weighted by molar-refractivity contribution is 5.85. The molecule has 0 aromatic rings. The fraction of sp³-hybridized carbons (Fsp3) is 0.800. The Labute approximate surface area is 113 Å². The van der Waals surface area contributed by atoms with Crippen LogP contribution in [0.5, 0.6) is 0 Å². The van der Waals surface area contributed by atoms with E-state index < -0.39 is 12.2 Å². The van der Waals surface area contributed by atoms with Crippen LogP contribution in [-0.2, 0) is 14.2 Å². The first-order chi connectivity index (χ1) is 8.11. The van der Waals surface area contributed by atoms with E-state index in [2.05, 4.69) is 10.1 Å². The SMILES string of the molecule is CCOC(=O)OCCN(C)C(=O)OCCNC.Cl. The number of carbonyl (C=O) groups is 2. The lowest BCUT2D eigenvalue weighted by Gasteiger charge is -2.16. The van der Waals surface area contributed by atoms with Crippen molar-refractivity contribution in [2.24, 2.45) is 0 Å². The smallest absolute Gasteiger partial charge is 0.448 e. The number of amides is 1. The molecule has 0 aliphatic rings. The molecule has 0 saturated carbocycles. The molecule has 1 amide bonds. The molecule has 0 radical (unpaired) electrons. The lowest BCUT2D eigenvalue weighted by molar-refractivity contribution is 0.0500.